The SMILES string of the molecule is C#CCC(N)c1nc(-c2ccncc2C)no1. The van der Waals surface area contributed by atoms with Gasteiger partial charge in [0.2, 0.25) is 11.7 Å². The molecule has 0 bridgehead atoms. The molecule has 0 radical (unpaired) electrons. The van der Waals surface area contributed by atoms with Crippen LogP contribution in [0.5, 0.6) is 0 Å². The largest absolute Gasteiger partial charge is 0.337 e. The second-order valence-electron chi connectivity index (χ2n) is 3.66. The summed E-state index contributed by atoms with van der Waals surface area (Å²) >= 11 is 0. The highest BCUT2D eigenvalue weighted by Gasteiger charge is 2.15. The number of hydrogen-bond donors (Lipinski definition) is 1. The lowest BCUT2D eigenvalue weighted by molar-refractivity contribution is 0.357. The second kappa shape index (κ2) is 4.76. The van der Waals surface area contributed by atoms with Crippen LogP contribution in [0.4, 0.5) is 0 Å². The molecule has 1 unspecified atom stereocenters. The Bertz CT molecular complexity index is 556. The zero-order chi connectivity index (χ0) is 12.3. The van der Waals surface area contributed by atoms with E-state index in [4.69, 9.17) is 16.7 Å². The van der Waals surface area contributed by atoms with Gasteiger partial charge in [-0.1, -0.05) is 5.16 Å². The molecular weight excluding hydrogens is 216 g/mol. The standard InChI is InChI=1S/C12H12N4O/c1-3-4-10(13)12-15-11(16-17-12)9-5-6-14-7-8(9)2/h1,5-7,10H,4,13H2,2H3. The van der Waals surface area contributed by atoms with Gasteiger partial charge in [-0.15, -0.1) is 12.3 Å². The summed E-state index contributed by atoms with van der Waals surface area (Å²) in [5, 5.41) is 3.89. The van der Waals surface area contributed by atoms with Crippen LogP contribution in [-0.4, -0.2) is 15.1 Å². The number of nitrogens with zero attached hydrogens (tertiary/aromatic N) is 3. The molecule has 0 aromatic carbocycles. The van der Waals surface area contributed by atoms with Crippen LogP contribution in [0, 0.1) is 19.3 Å². The van der Waals surface area contributed by atoms with Gasteiger partial charge >= 0.3 is 0 Å². The van der Waals surface area contributed by atoms with Crippen LogP contribution >= 0.6 is 0 Å². The summed E-state index contributed by atoms with van der Waals surface area (Å²) in [4.78, 5) is 8.24. The normalized spacial score (nSPS) is 12.1. The van der Waals surface area contributed by atoms with Gasteiger partial charge in [-0.25, -0.2) is 0 Å². The first kappa shape index (κ1) is 11.3. The molecule has 1 atom stereocenters. The Kier molecular flexibility index (Phi) is 3.17. The van der Waals surface area contributed by atoms with Crippen molar-refractivity contribution < 1.29 is 4.52 Å². The molecule has 2 N–H and O–H groups in total. The Labute approximate surface area is 99.1 Å². The zero-order valence-corrected chi connectivity index (χ0v) is 9.42. The zero-order valence-electron chi connectivity index (χ0n) is 9.42. The Hall–Kier alpha value is -2.19. The number of pyridine rings is 1. The van der Waals surface area contributed by atoms with E-state index in [2.05, 4.69) is 21.0 Å². The molecule has 0 saturated heterocycles. The molecule has 2 rings (SSSR count). The molecule has 2 heterocycles. The fourth-order valence-electron chi connectivity index (χ4n) is 1.43. The minimum Gasteiger partial charge on any atom is -0.337 e. The number of hydrogen-bond acceptors (Lipinski definition) is 5. The maximum Gasteiger partial charge on any atom is 0.244 e. The van der Waals surface area contributed by atoms with Gasteiger partial charge in [0.05, 0.1) is 6.04 Å². The van der Waals surface area contributed by atoms with E-state index in [0.29, 0.717) is 18.1 Å². The molecule has 0 aliphatic carbocycles. The van der Waals surface area contributed by atoms with E-state index < -0.39 is 6.04 Å². The Balaban J connectivity index is 2.31. The summed E-state index contributed by atoms with van der Waals surface area (Å²) in [6.07, 6.45) is 8.98. The molecule has 2 aromatic heterocycles. The van der Waals surface area contributed by atoms with Gasteiger partial charge in [0, 0.05) is 24.4 Å². The smallest absolute Gasteiger partial charge is 0.244 e. The molecule has 17 heavy (non-hydrogen) atoms. The maximum atomic E-state index is 5.78. The van der Waals surface area contributed by atoms with Gasteiger partial charge in [0.15, 0.2) is 0 Å². The Morgan fingerprint density at radius 1 is 1.59 bits per heavy atom. The number of aryl methyl sites for hydroxylation is 1. The van der Waals surface area contributed by atoms with E-state index >= 15 is 0 Å². The van der Waals surface area contributed by atoms with E-state index in [-0.39, 0.29) is 0 Å². The van der Waals surface area contributed by atoms with Crippen LogP contribution in [0.1, 0.15) is 23.9 Å². The minimum atomic E-state index is -0.414. The molecular formula is C12H12N4O. The Morgan fingerprint density at radius 2 is 2.41 bits per heavy atom. The van der Waals surface area contributed by atoms with Gasteiger partial charge in [-0.05, 0) is 18.6 Å². The highest BCUT2D eigenvalue weighted by atomic mass is 16.5. The van der Waals surface area contributed by atoms with Gasteiger partial charge in [-0.2, -0.15) is 4.98 Å². The monoisotopic (exact) mass is 228 g/mol. The van der Waals surface area contributed by atoms with Crippen molar-refractivity contribution in [3.05, 3.63) is 29.9 Å². The summed E-state index contributed by atoms with van der Waals surface area (Å²) in [5.74, 6) is 3.33. The van der Waals surface area contributed by atoms with E-state index in [9.17, 15) is 0 Å². The second-order valence-corrected chi connectivity index (χ2v) is 3.66. The first-order chi connectivity index (χ1) is 8.22. The number of rotatable bonds is 3. The molecule has 0 aliphatic heterocycles. The summed E-state index contributed by atoms with van der Waals surface area (Å²) in [6, 6.07) is 1.42. The topological polar surface area (TPSA) is 77.8 Å². The van der Waals surface area contributed by atoms with E-state index in [1.807, 2.05) is 13.0 Å². The van der Waals surface area contributed by atoms with E-state index in [0.717, 1.165) is 11.1 Å². The third-order valence-electron chi connectivity index (χ3n) is 2.36. The quantitative estimate of drug-likeness (QED) is 0.805. The average molecular weight is 228 g/mol. The third kappa shape index (κ3) is 2.32. The molecule has 0 fully saturated rings. The van der Waals surface area contributed by atoms with Crippen LogP contribution < -0.4 is 5.73 Å². The Morgan fingerprint density at radius 3 is 3.12 bits per heavy atom. The highest BCUT2D eigenvalue weighted by Crippen LogP contribution is 2.21. The molecule has 5 nitrogen and oxygen atoms in total. The first-order valence-electron chi connectivity index (χ1n) is 5.16. The van der Waals surface area contributed by atoms with E-state index in [1.54, 1.807) is 12.4 Å². The van der Waals surface area contributed by atoms with Crippen molar-refractivity contribution in [3.8, 4) is 23.7 Å². The molecule has 5 heteroatoms. The van der Waals surface area contributed by atoms with Crippen molar-refractivity contribution in [2.45, 2.75) is 19.4 Å². The predicted molar refractivity (Wildman–Crippen MR) is 62.6 cm³/mol. The van der Waals surface area contributed by atoms with Crippen molar-refractivity contribution in [1.82, 2.24) is 15.1 Å². The predicted octanol–water partition coefficient (Wildman–Crippen LogP) is 1.46. The van der Waals surface area contributed by atoms with Gasteiger partial charge in [-0.3, -0.25) is 4.98 Å². The van der Waals surface area contributed by atoms with Crippen molar-refractivity contribution in [2.24, 2.45) is 5.73 Å². The van der Waals surface area contributed by atoms with Gasteiger partial charge in [0.1, 0.15) is 0 Å². The lowest BCUT2D eigenvalue weighted by Crippen LogP contribution is -2.09. The molecule has 0 spiro atoms. The van der Waals surface area contributed by atoms with Gasteiger partial charge in [0.25, 0.3) is 0 Å². The van der Waals surface area contributed by atoms with E-state index in [1.165, 1.54) is 0 Å². The van der Waals surface area contributed by atoms with Crippen LogP contribution in [0.2, 0.25) is 0 Å². The van der Waals surface area contributed by atoms with Crippen molar-refractivity contribution >= 4 is 0 Å². The van der Waals surface area contributed by atoms with Crippen LogP contribution in [-0.2, 0) is 0 Å². The molecule has 86 valence electrons. The van der Waals surface area contributed by atoms with Crippen LogP contribution in [0.3, 0.4) is 0 Å². The average Bonchev–Trinajstić information content (AvgIpc) is 2.79. The van der Waals surface area contributed by atoms with Crippen LogP contribution in [0.15, 0.2) is 23.0 Å². The summed E-state index contributed by atoms with van der Waals surface area (Å²) in [6.45, 7) is 1.93. The number of terminal acetylenes is 1. The lowest BCUT2D eigenvalue weighted by Gasteiger charge is -1.99. The molecule has 2 aromatic rings. The fraction of sp³-hybridized carbons (Fsp3) is 0.250. The first-order valence-corrected chi connectivity index (χ1v) is 5.16. The van der Waals surface area contributed by atoms with Crippen molar-refractivity contribution in [3.63, 3.8) is 0 Å². The maximum absolute atomic E-state index is 5.78. The third-order valence-corrected chi connectivity index (χ3v) is 2.36. The van der Waals surface area contributed by atoms with Gasteiger partial charge < -0.3 is 10.3 Å². The van der Waals surface area contributed by atoms with Crippen molar-refractivity contribution in [2.75, 3.05) is 0 Å². The molecule has 0 amide bonds. The highest BCUT2D eigenvalue weighted by molar-refractivity contribution is 5.57. The lowest BCUT2D eigenvalue weighted by atomic mass is 10.1. The summed E-state index contributed by atoms with van der Waals surface area (Å²) in [5.41, 5.74) is 7.64. The number of nitrogens with two attached hydrogens (primary N) is 1. The van der Waals surface area contributed by atoms with Crippen molar-refractivity contribution in [1.29, 1.82) is 0 Å². The molecule has 0 saturated carbocycles. The summed E-state index contributed by atoms with van der Waals surface area (Å²) in [7, 11) is 0. The number of aromatic nitrogens is 3. The van der Waals surface area contributed by atoms with Crippen LogP contribution in [0.25, 0.3) is 11.4 Å². The molecule has 0 aliphatic rings. The minimum absolute atomic E-state index is 0.356. The fourth-order valence-corrected chi connectivity index (χ4v) is 1.43. The summed E-state index contributed by atoms with van der Waals surface area (Å²) < 4.78 is 5.09.